The number of benzene rings is 2. The number of hydrogen-bond acceptors (Lipinski definition) is 2. The molecule has 0 bridgehead atoms. The summed E-state index contributed by atoms with van der Waals surface area (Å²) in [6.45, 7) is 6.79. The molecule has 0 unspecified atom stereocenters. The van der Waals surface area contributed by atoms with Gasteiger partial charge in [-0.2, -0.15) is 5.10 Å². The van der Waals surface area contributed by atoms with E-state index in [1.807, 2.05) is 66.5 Å². The Kier molecular flexibility index (Phi) is 5.45. The second-order valence-corrected chi connectivity index (χ2v) is 8.14. The summed E-state index contributed by atoms with van der Waals surface area (Å²) in [5.41, 5.74) is 3.98. The average Bonchev–Trinajstić information content (AvgIpc) is 3.05. The summed E-state index contributed by atoms with van der Waals surface area (Å²) in [6, 6.07) is 20.2. The number of hydrogen-bond donors (Lipinski definition) is 0. The number of para-hydroxylation sites is 1. The van der Waals surface area contributed by atoms with Crippen LogP contribution >= 0.6 is 0 Å². The third-order valence-electron chi connectivity index (χ3n) is 4.37. The fourth-order valence-electron chi connectivity index (χ4n) is 3.01. The molecule has 0 spiro atoms. The lowest BCUT2D eigenvalue weighted by Crippen LogP contribution is -2.29. The van der Waals surface area contributed by atoms with E-state index in [0.29, 0.717) is 13.0 Å². The molecule has 0 saturated carbocycles. The molecule has 4 nitrogen and oxygen atoms in total. The zero-order chi connectivity index (χ0) is 19.4. The van der Waals surface area contributed by atoms with Crippen molar-refractivity contribution in [2.75, 3.05) is 7.05 Å². The van der Waals surface area contributed by atoms with Crippen LogP contribution in [0.3, 0.4) is 0 Å². The minimum atomic E-state index is -0.0260. The molecule has 0 aliphatic rings. The lowest BCUT2D eigenvalue weighted by molar-refractivity contribution is -0.132. The lowest BCUT2D eigenvalue weighted by atomic mass is 9.91. The van der Waals surface area contributed by atoms with E-state index in [0.717, 1.165) is 22.5 Å². The van der Waals surface area contributed by atoms with Crippen LogP contribution in [0.2, 0.25) is 0 Å². The number of nitrogens with zero attached hydrogens (tertiary/aromatic N) is 3. The highest BCUT2D eigenvalue weighted by molar-refractivity contribution is 5.77. The van der Waals surface area contributed by atoms with E-state index in [1.165, 1.54) is 0 Å². The van der Waals surface area contributed by atoms with Gasteiger partial charge in [0.15, 0.2) is 0 Å². The van der Waals surface area contributed by atoms with Gasteiger partial charge in [-0.3, -0.25) is 4.79 Å². The van der Waals surface area contributed by atoms with E-state index in [-0.39, 0.29) is 11.3 Å². The van der Waals surface area contributed by atoms with Crippen LogP contribution in [0.25, 0.3) is 16.9 Å². The lowest BCUT2D eigenvalue weighted by Gasteiger charge is -2.23. The minimum absolute atomic E-state index is 0.0260. The molecule has 4 heteroatoms. The van der Waals surface area contributed by atoms with Crippen molar-refractivity contribution in [2.45, 2.75) is 33.7 Å². The average molecular weight is 361 g/mol. The smallest absolute Gasteiger partial charge is 0.223 e. The molecule has 1 heterocycles. The van der Waals surface area contributed by atoms with Gasteiger partial charge < -0.3 is 4.90 Å². The molecule has 0 saturated heterocycles. The Morgan fingerprint density at radius 1 is 1.00 bits per heavy atom. The van der Waals surface area contributed by atoms with Crippen LogP contribution in [0, 0.1) is 5.41 Å². The highest BCUT2D eigenvalue weighted by Gasteiger charge is 2.21. The third kappa shape index (κ3) is 4.85. The van der Waals surface area contributed by atoms with E-state index >= 15 is 0 Å². The fourth-order valence-corrected chi connectivity index (χ4v) is 3.01. The maximum Gasteiger partial charge on any atom is 0.223 e. The Hall–Kier alpha value is -2.88. The second-order valence-electron chi connectivity index (χ2n) is 8.14. The van der Waals surface area contributed by atoms with Crippen molar-refractivity contribution in [1.29, 1.82) is 0 Å². The topological polar surface area (TPSA) is 38.1 Å². The molecular formula is C23H27N3O. The first-order valence-corrected chi connectivity index (χ1v) is 9.27. The molecule has 2 aromatic carbocycles. The van der Waals surface area contributed by atoms with Crippen molar-refractivity contribution < 1.29 is 4.79 Å². The first-order valence-electron chi connectivity index (χ1n) is 9.27. The first kappa shape index (κ1) is 18.9. The van der Waals surface area contributed by atoms with Gasteiger partial charge in [-0.1, -0.05) is 69.3 Å². The Morgan fingerprint density at radius 2 is 1.59 bits per heavy atom. The summed E-state index contributed by atoms with van der Waals surface area (Å²) in [7, 11) is 1.86. The first-order chi connectivity index (χ1) is 12.8. The van der Waals surface area contributed by atoms with Gasteiger partial charge in [-0.25, -0.2) is 4.68 Å². The maximum absolute atomic E-state index is 12.6. The zero-order valence-corrected chi connectivity index (χ0v) is 16.5. The number of carbonyl (C=O) groups is 1. The molecule has 0 atom stereocenters. The van der Waals surface area contributed by atoms with Crippen LogP contribution in [0.5, 0.6) is 0 Å². The molecule has 140 valence electrons. The van der Waals surface area contributed by atoms with Crippen LogP contribution in [-0.2, 0) is 11.3 Å². The Morgan fingerprint density at radius 3 is 2.19 bits per heavy atom. The van der Waals surface area contributed by atoms with Gasteiger partial charge in [0.1, 0.15) is 0 Å². The normalized spacial score (nSPS) is 11.4. The van der Waals surface area contributed by atoms with E-state index in [2.05, 4.69) is 32.9 Å². The summed E-state index contributed by atoms with van der Waals surface area (Å²) in [4.78, 5) is 14.4. The van der Waals surface area contributed by atoms with Gasteiger partial charge in [0.25, 0.3) is 0 Å². The van der Waals surface area contributed by atoms with E-state index < -0.39 is 0 Å². The monoisotopic (exact) mass is 361 g/mol. The largest absolute Gasteiger partial charge is 0.341 e. The molecule has 0 aliphatic heterocycles. The quantitative estimate of drug-likeness (QED) is 0.646. The van der Waals surface area contributed by atoms with Crippen molar-refractivity contribution in [3.8, 4) is 16.9 Å². The molecule has 0 radical (unpaired) electrons. The Labute approximate surface area is 161 Å². The van der Waals surface area contributed by atoms with Crippen molar-refractivity contribution in [3.63, 3.8) is 0 Å². The summed E-state index contributed by atoms with van der Waals surface area (Å²) in [5.74, 6) is 0.147. The highest BCUT2D eigenvalue weighted by Crippen LogP contribution is 2.26. The maximum atomic E-state index is 12.6. The number of carbonyl (C=O) groups excluding carboxylic acids is 1. The number of aromatic nitrogens is 2. The molecule has 1 amide bonds. The molecule has 3 rings (SSSR count). The number of rotatable bonds is 5. The van der Waals surface area contributed by atoms with E-state index in [1.54, 1.807) is 4.90 Å². The van der Waals surface area contributed by atoms with Crippen molar-refractivity contribution in [3.05, 3.63) is 72.4 Å². The van der Waals surface area contributed by atoms with Gasteiger partial charge >= 0.3 is 0 Å². The molecule has 3 aromatic rings. The predicted octanol–water partition coefficient (Wildman–Crippen LogP) is 4.93. The molecular weight excluding hydrogens is 334 g/mol. The Balaban J connectivity index is 1.93. The SMILES string of the molecule is CN(Cc1cn(-c2ccccc2)nc1-c1ccccc1)C(=O)CC(C)(C)C. The molecule has 27 heavy (non-hydrogen) atoms. The van der Waals surface area contributed by atoms with Crippen molar-refractivity contribution in [1.82, 2.24) is 14.7 Å². The van der Waals surface area contributed by atoms with Crippen molar-refractivity contribution in [2.24, 2.45) is 5.41 Å². The van der Waals surface area contributed by atoms with Crippen LogP contribution in [0.4, 0.5) is 0 Å². The predicted molar refractivity (Wildman–Crippen MR) is 110 cm³/mol. The second kappa shape index (κ2) is 7.78. The van der Waals surface area contributed by atoms with Gasteiger partial charge in [0.05, 0.1) is 11.4 Å². The summed E-state index contributed by atoms with van der Waals surface area (Å²) in [6.07, 6.45) is 2.55. The fraction of sp³-hybridized carbons (Fsp3) is 0.304. The molecule has 0 aliphatic carbocycles. The highest BCUT2D eigenvalue weighted by atomic mass is 16.2. The van der Waals surface area contributed by atoms with E-state index in [4.69, 9.17) is 5.10 Å². The summed E-state index contributed by atoms with van der Waals surface area (Å²) >= 11 is 0. The van der Waals surface area contributed by atoms with Gasteiger partial charge in [-0.05, 0) is 17.5 Å². The molecule has 1 aromatic heterocycles. The van der Waals surface area contributed by atoms with Crippen LogP contribution in [-0.4, -0.2) is 27.6 Å². The molecule has 0 N–H and O–H groups in total. The Bertz CT molecular complexity index is 892. The zero-order valence-electron chi connectivity index (χ0n) is 16.5. The van der Waals surface area contributed by atoms with Crippen LogP contribution in [0.15, 0.2) is 66.9 Å². The standard InChI is InChI=1S/C23H27N3O/c1-23(2,3)15-21(27)25(4)16-19-17-26(20-13-9-6-10-14-20)24-22(19)18-11-7-5-8-12-18/h5-14,17H,15-16H2,1-4H3. The molecule has 0 fully saturated rings. The van der Waals surface area contributed by atoms with Gasteiger partial charge in [0.2, 0.25) is 5.91 Å². The van der Waals surface area contributed by atoms with Crippen LogP contribution < -0.4 is 0 Å². The van der Waals surface area contributed by atoms with Gasteiger partial charge in [-0.15, -0.1) is 0 Å². The summed E-state index contributed by atoms with van der Waals surface area (Å²) < 4.78 is 1.89. The summed E-state index contributed by atoms with van der Waals surface area (Å²) in [5, 5.41) is 4.82. The van der Waals surface area contributed by atoms with E-state index in [9.17, 15) is 4.79 Å². The van der Waals surface area contributed by atoms with Gasteiger partial charge in [0, 0.05) is 37.3 Å². The number of amides is 1. The van der Waals surface area contributed by atoms with Crippen LogP contribution in [0.1, 0.15) is 32.8 Å². The third-order valence-corrected chi connectivity index (χ3v) is 4.37. The van der Waals surface area contributed by atoms with Crippen molar-refractivity contribution >= 4 is 5.91 Å². The minimum Gasteiger partial charge on any atom is -0.341 e.